The largest absolute Gasteiger partial charge is 0.294 e. The van der Waals surface area contributed by atoms with Crippen molar-refractivity contribution in [3.8, 4) is 0 Å². The fourth-order valence-corrected chi connectivity index (χ4v) is 4.77. The molecule has 4 rings (SSSR count). The molecule has 1 atom stereocenters. The maximum Gasteiger partial charge on any atom is 0.232 e. The summed E-state index contributed by atoms with van der Waals surface area (Å²) >= 11 is 6.26. The lowest BCUT2D eigenvalue weighted by atomic mass is 9.69. The molecule has 2 aromatic rings. The summed E-state index contributed by atoms with van der Waals surface area (Å²) in [6.45, 7) is 8.20. The molecule has 0 spiro atoms. The average molecular weight is 408 g/mol. The van der Waals surface area contributed by atoms with Crippen LogP contribution in [0.5, 0.6) is 0 Å². The van der Waals surface area contributed by atoms with E-state index >= 15 is 0 Å². The SMILES string of the molecule is Cc1ccc(C2CC(=O)N(c3cc(Cl)ccc3C)C3=C2C(=O)CC(C)(C)C3)cc1. The van der Waals surface area contributed by atoms with Crippen molar-refractivity contribution in [3.05, 3.63) is 75.4 Å². The number of carbonyl (C=O) groups is 2. The van der Waals surface area contributed by atoms with Crippen LogP contribution in [0.25, 0.3) is 0 Å². The minimum absolute atomic E-state index is 0.0187. The summed E-state index contributed by atoms with van der Waals surface area (Å²) in [6.07, 6.45) is 1.49. The summed E-state index contributed by atoms with van der Waals surface area (Å²) < 4.78 is 0. The van der Waals surface area contributed by atoms with Gasteiger partial charge >= 0.3 is 0 Å². The molecule has 1 unspecified atom stereocenters. The summed E-state index contributed by atoms with van der Waals surface area (Å²) in [7, 11) is 0. The van der Waals surface area contributed by atoms with Gasteiger partial charge in [-0.3, -0.25) is 14.5 Å². The number of ketones is 1. The van der Waals surface area contributed by atoms with E-state index in [1.165, 1.54) is 0 Å². The molecule has 2 aliphatic rings. The Morgan fingerprint density at radius 2 is 1.69 bits per heavy atom. The summed E-state index contributed by atoms with van der Waals surface area (Å²) in [6, 6.07) is 13.8. The van der Waals surface area contributed by atoms with E-state index in [-0.39, 0.29) is 23.0 Å². The summed E-state index contributed by atoms with van der Waals surface area (Å²) in [5, 5.41) is 0.586. The predicted molar refractivity (Wildman–Crippen MR) is 117 cm³/mol. The van der Waals surface area contributed by atoms with Gasteiger partial charge in [-0.05, 0) is 48.9 Å². The quantitative estimate of drug-likeness (QED) is 0.601. The third kappa shape index (κ3) is 3.64. The number of hydrogen-bond donors (Lipinski definition) is 0. The molecule has 1 amide bonds. The lowest BCUT2D eigenvalue weighted by Gasteiger charge is -2.43. The van der Waals surface area contributed by atoms with E-state index in [1.807, 2.05) is 56.3 Å². The Bertz CT molecular complexity index is 1030. The molecule has 0 saturated heterocycles. The third-order valence-electron chi connectivity index (χ3n) is 6.03. The molecular formula is C25H26ClNO2. The number of carbonyl (C=O) groups excluding carboxylic acids is 2. The minimum Gasteiger partial charge on any atom is -0.294 e. The molecule has 150 valence electrons. The number of hydrogen-bond acceptors (Lipinski definition) is 2. The standard InChI is InChI=1S/C25H26ClNO2/c1-15-5-8-17(9-6-15)19-12-23(29)27(20-11-18(26)10-7-16(20)2)21-13-25(3,4)14-22(28)24(19)21/h5-11,19H,12-14H2,1-4H3. The molecule has 0 saturated carbocycles. The Kier molecular flexibility index (Phi) is 4.90. The van der Waals surface area contributed by atoms with Crippen molar-refractivity contribution in [2.24, 2.45) is 5.41 Å². The molecule has 0 aromatic heterocycles. The van der Waals surface area contributed by atoms with Crippen LogP contribution in [-0.2, 0) is 9.59 Å². The maximum absolute atomic E-state index is 13.4. The predicted octanol–water partition coefficient (Wildman–Crippen LogP) is 6.12. The lowest BCUT2D eigenvalue weighted by molar-refractivity contribution is -0.121. The zero-order valence-corrected chi connectivity index (χ0v) is 18.1. The van der Waals surface area contributed by atoms with E-state index in [1.54, 1.807) is 4.90 Å². The van der Waals surface area contributed by atoms with Gasteiger partial charge in [0.15, 0.2) is 5.78 Å². The zero-order valence-electron chi connectivity index (χ0n) is 17.4. The van der Waals surface area contributed by atoms with Crippen LogP contribution in [0, 0.1) is 19.3 Å². The Morgan fingerprint density at radius 3 is 2.38 bits per heavy atom. The first-order valence-electron chi connectivity index (χ1n) is 10.1. The second kappa shape index (κ2) is 7.14. The topological polar surface area (TPSA) is 37.4 Å². The fourth-order valence-electron chi connectivity index (χ4n) is 4.60. The van der Waals surface area contributed by atoms with Gasteiger partial charge in [0.2, 0.25) is 5.91 Å². The van der Waals surface area contributed by atoms with Crippen LogP contribution in [0.2, 0.25) is 5.02 Å². The van der Waals surface area contributed by atoms with Crippen molar-refractivity contribution >= 4 is 29.0 Å². The number of benzene rings is 2. The van der Waals surface area contributed by atoms with Crippen LogP contribution in [0.4, 0.5) is 5.69 Å². The molecule has 0 bridgehead atoms. The first-order valence-corrected chi connectivity index (χ1v) is 10.5. The second-order valence-electron chi connectivity index (χ2n) is 9.13. The van der Waals surface area contributed by atoms with Crippen LogP contribution >= 0.6 is 11.6 Å². The van der Waals surface area contributed by atoms with Crippen LogP contribution in [0.3, 0.4) is 0 Å². The number of allylic oxidation sites excluding steroid dienone is 2. The van der Waals surface area contributed by atoms with Crippen molar-refractivity contribution in [3.63, 3.8) is 0 Å². The van der Waals surface area contributed by atoms with E-state index in [4.69, 9.17) is 11.6 Å². The van der Waals surface area contributed by atoms with E-state index in [0.717, 1.165) is 33.6 Å². The molecule has 1 aliphatic heterocycles. The average Bonchev–Trinajstić information content (AvgIpc) is 2.63. The van der Waals surface area contributed by atoms with Crippen molar-refractivity contribution in [1.29, 1.82) is 0 Å². The van der Waals surface area contributed by atoms with E-state index in [2.05, 4.69) is 13.8 Å². The number of aryl methyl sites for hydroxylation is 2. The van der Waals surface area contributed by atoms with E-state index < -0.39 is 0 Å². The number of amides is 1. The van der Waals surface area contributed by atoms with Crippen molar-refractivity contribution in [2.75, 3.05) is 4.90 Å². The number of anilines is 1. The van der Waals surface area contributed by atoms with Crippen LogP contribution in [0.1, 0.15) is 55.7 Å². The highest BCUT2D eigenvalue weighted by Gasteiger charge is 2.44. The molecule has 2 aromatic carbocycles. The highest BCUT2D eigenvalue weighted by atomic mass is 35.5. The molecular weight excluding hydrogens is 382 g/mol. The number of halogens is 1. The van der Waals surface area contributed by atoms with E-state index in [0.29, 0.717) is 24.3 Å². The Hall–Kier alpha value is -2.39. The molecule has 4 heteroatoms. The van der Waals surface area contributed by atoms with Gasteiger partial charge in [0.1, 0.15) is 0 Å². The third-order valence-corrected chi connectivity index (χ3v) is 6.27. The Labute approximate surface area is 177 Å². The highest BCUT2D eigenvalue weighted by molar-refractivity contribution is 6.31. The number of nitrogens with zero attached hydrogens (tertiary/aromatic N) is 1. The van der Waals surface area contributed by atoms with Crippen LogP contribution in [-0.4, -0.2) is 11.7 Å². The van der Waals surface area contributed by atoms with E-state index in [9.17, 15) is 9.59 Å². The van der Waals surface area contributed by atoms with Crippen molar-refractivity contribution in [1.82, 2.24) is 0 Å². The molecule has 3 nitrogen and oxygen atoms in total. The molecule has 0 N–H and O–H groups in total. The maximum atomic E-state index is 13.4. The van der Waals surface area contributed by atoms with Gasteiger partial charge in [-0.2, -0.15) is 0 Å². The second-order valence-corrected chi connectivity index (χ2v) is 9.57. The van der Waals surface area contributed by atoms with Gasteiger partial charge in [0, 0.05) is 35.1 Å². The van der Waals surface area contributed by atoms with Gasteiger partial charge in [-0.25, -0.2) is 0 Å². The van der Waals surface area contributed by atoms with Gasteiger partial charge in [-0.1, -0.05) is 61.3 Å². The van der Waals surface area contributed by atoms with Gasteiger partial charge in [0.25, 0.3) is 0 Å². The zero-order chi connectivity index (χ0) is 20.9. The first-order chi connectivity index (χ1) is 13.7. The number of rotatable bonds is 2. The Balaban J connectivity index is 1.92. The van der Waals surface area contributed by atoms with Crippen molar-refractivity contribution in [2.45, 2.75) is 52.9 Å². The molecule has 0 radical (unpaired) electrons. The van der Waals surface area contributed by atoms with Crippen molar-refractivity contribution < 1.29 is 9.59 Å². The lowest BCUT2D eigenvalue weighted by Crippen LogP contribution is -2.44. The number of Topliss-reactive ketones (excluding diaryl/α,β-unsaturated/α-hetero) is 1. The van der Waals surface area contributed by atoms with Gasteiger partial charge in [-0.15, -0.1) is 0 Å². The first kappa shape index (κ1) is 19.9. The molecule has 1 heterocycles. The summed E-state index contributed by atoms with van der Waals surface area (Å²) in [4.78, 5) is 28.5. The normalized spacial score (nSPS) is 21.4. The van der Waals surface area contributed by atoms with Crippen LogP contribution in [0.15, 0.2) is 53.7 Å². The minimum atomic E-state index is -0.184. The van der Waals surface area contributed by atoms with Gasteiger partial charge < -0.3 is 0 Å². The van der Waals surface area contributed by atoms with Crippen LogP contribution < -0.4 is 4.90 Å². The molecule has 0 fully saturated rings. The summed E-state index contributed by atoms with van der Waals surface area (Å²) in [5.74, 6) is -0.0124. The monoisotopic (exact) mass is 407 g/mol. The van der Waals surface area contributed by atoms with Gasteiger partial charge in [0.05, 0.1) is 5.69 Å². The fraction of sp³-hybridized carbons (Fsp3) is 0.360. The smallest absolute Gasteiger partial charge is 0.232 e. The molecule has 1 aliphatic carbocycles. The highest BCUT2D eigenvalue weighted by Crippen LogP contribution is 2.48. The summed E-state index contributed by atoms with van der Waals surface area (Å²) in [5.41, 5.74) is 5.41. The molecule has 29 heavy (non-hydrogen) atoms. The Morgan fingerprint density at radius 1 is 1.00 bits per heavy atom.